The zero-order valence-corrected chi connectivity index (χ0v) is 11.2. The molecule has 2 aromatic rings. The summed E-state index contributed by atoms with van der Waals surface area (Å²) in [7, 11) is 1.86. The molecule has 88 valence electrons. The second-order valence-corrected chi connectivity index (χ2v) is 4.62. The molecule has 0 amide bonds. The molecule has 0 unspecified atom stereocenters. The van der Waals surface area contributed by atoms with Gasteiger partial charge in [0, 0.05) is 18.3 Å². The lowest BCUT2D eigenvalue weighted by atomic mass is 10.0. The molecule has 0 aliphatic rings. The topological polar surface area (TPSA) is 12.0 Å². The van der Waals surface area contributed by atoms with Crippen molar-refractivity contribution >= 4 is 28.9 Å². The first-order valence-corrected chi connectivity index (χ1v) is 6.12. The van der Waals surface area contributed by atoms with Crippen LogP contribution in [0.15, 0.2) is 36.4 Å². The molecule has 0 aliphatic heterocycles. The summed E-state index contributed by atoms with van der Waals surface area (Å²) in [5.74, 6) is 0. The molecule has 0 fully saturated rings. The van der Waals surface area contributed by atoms with Crippen molar-refractivity contribution in [3.63, 3.8) is 0 Å². The number of rotatable bonds is 2. The Morgan fingerprint density at radius 2 is 1.71 bits per heavy atom. The molecule has 0 atom stereocenters. The smallest absolute Gasteiger partial charge is 0.0549 e. The minimum absolute atomic E-state index is 0.663. The Bertz CT molecular complexity index is 536. The summed E-state index contributed by atoms with van der Waals surface area (Å²) in [6.07, 6.45) is 0. The third-order valence-corrected chi connectivity index (χ3v) is 3.56. The molecule has 0 bridgehead atoms. The van der Waals surface area contributed by atoms with Gasteiger partial charge in [0.2, 0.25) is 0 Å². The maximum atomic E-state index is 6.39. The summed E-state index contributed by atoms with van der Waals surface area (Å²) in [6.45, 7) is 1.98. The van der Waals surface area contributed by atoms with Gasteiger partial charge in [-0.1, -0.05) is 53.5 Å². The lowest BCUT2D eigenvalue weighted by Gasteiger charge is -2.14. The predicted molar refractivity (Wildman–Crippen MR) is 76.2 cm³/mol. The average Bonchev–Trinajstić information content (AvgIpc) is 2.35. The predicted octanol–water partition coefficient (Wildman–Crippen LogP) is 5.01. The third kappa shape index (κ3) is 2.26. The Morgan fingerprint density at radius 1 is 1.06 bits per heavy atom. The molecule has 0 heterocycles. The van der Waals surface area contributed by atoms with E-state index in [2.05, 4.69) is 5.32 Å². The summed E-state index contributed by atoms with van der Waals surface area (Å²) in [5.41, 5.74) is 3.90. The average molecular weight is 266 g/mol. The Morgan fingerprint density at radius 3 is 2.29 bits per heavy atom. The molecule has 0 saturated carbocycles. The van der Waals surface area contributed by atoms with Crippen molar-refractivity contribution in [3.05, 3.63) is 52.0 Å². The van der Waals surface area contributed by atoms with Crippen LogP contribution in [0.5, 0.6) is 0 Å². The fourth-order valence-electron chi connectivity index (χ4n) is 1.85. The van der Waals surface area contributed by atoms with Crippen molar-refractivity contribution < 1.29 is 0 Å². The van der Waals surface area contributed by atoms with Gasteiger partial charge in [-0.3, -0.25) is 0 Å². The first kappa shape index (κ1) is 12.3. The van der Waals surface area contributed by atoms with Gasteiger partial charge in [0.05, 0.1) is 10.0 Å². The van der Waals surface area contributed by atoms with Gasteiger partial charge in [-0.2, -0.15) is 0 Å². The Hall–Kier alpha value is -1.18. The second kappa shape index (κ2) is 4.99. The Labute approximate surface area is 111 Å². The van der Waals surface area contributed by atoms with Gasteiger partial charge in [-0.25, -0.2) is 0 Å². The summed E-state index contributed by atoms with van der Waals surface area (Å²) < 4.78 is 0. The van der Waals surface area contributed by atoms with Crippen LogP contribution in [0.25, 0.3) is 11.1 Å². The van der Waals surface area contributed by atoms with E-state index in [0.29, 0.717) is 10.0 Å². The number of hydrogen-bond acceptors (Lipinski definition) is 1. The van der Waals surface area contributed by atoms with Gasteiger partial charge in [0.15, 0.2) is 0 Å². The third-order valence-electron chi connectivity index (χ3n) is 2.79. The fraction of sp³-hybridized carbons (Fsp3) is 0.143. The van der Waals surface area contributed by atoms with E-state index in [9.17, 15) is 0 Å². The van der Waals surface area contributed by atoms with E-state index in [4.69, 9.17) is 23.2 Å². The Kier molecular flexibility index (Phi) is 3.60. The molecule has 17 heavy (non-hydrogen) atoms. The molecule has 0 aliphatic carbocycles. The largest absolute Gasteiger partial charge is 0.388 e. The Balaban J connectivity index is 2.68. The maximum Gasteiger partial charge on any atom is 0.0549 e. The van der Waals surface area contributed by atoms with E-state index in [1.807, 2.05) is 50.4 Å². The van der Waals surface area contributed by atoms with Crippen molar-refractivity contribution in [2.24, 2.45) is 0 Å². The van der Waals surface area contributed by atoms with E-state index in [1.54, 1.807) is 0 Å². The number of benzene rings is 2. The van der Waals surface area contributed by atoms with Crippen LogP contribution in [-0.2, 0) is 0 Å². The minimum Gasteiger partial charge on any atom is -0.388 e. The molecule has 0 spiro atoms. The number of anilines is 1. The highest BCUT2D eigenvalue weighted by Gasteiger charge is 2.13. The monoisotopic (exact) mass is 265 g/mol. The first-order chi connectivity index (χ1) is 8.15. The number of halogens is 2. The number of hydrogen-bond donors (Lipinski definition) is 1. The van der Waals surface area contributed by atoms with E-state index in [-0.39, 0.29) is 0 Å². The van der Waals surface area contributed by atoms with Crippen molar-refractivity contribution in [3.8, 4) is 11.1 Å². The SMILES string of the molecule is CNc1cc(Cl)c(-c2ccccc2)c(Cl)c1C. The van der Waals surface area contributed by atoms with Gasteiger partial charge < -0.3 is 5.32 Å². The highest BCUT2D eigenvalue weighted by atomic mass is 35.5. The van der Waals surface area contributed by atoms with E-state index in [0.717, 1.165) is 22.4 Å². The van der Waals surface area contributed by atoms with Crippen LogP contribution in [0, 0.1) is 6.92 Å². The quantitative estimate of drug-likeness (QED) is 0.805. The summed E-state index contributed by atoms with van der Waals surface area (Å²) >= 11 is 12.7. The van der Waals surface area contributed by atoms with E-state index >= 15 is 0 Å². The standard InChI is InChI=1S/C14H13Cl2N/c1-9-12(17-2)8-11(15)13(14(9)16)10-6-4-3-5-7-10/h3-8,17H,1-2H3. The van der Waals surface area contributed by atoms with Crippen LogP contribution in [0.1, 0.15) is 5.56 Å². The van der Waals surface area contributed by atoms with Gasteiger partial charge in [-0.05, 0) is 24.1 Å². The molecule has 1 N–H and O–H groups in total. The molecule has 3 heteroatoms. The summed E-state index contributed by atoms with van der Waals surface area (Å²) in [6, 6.07) is 11.8. The molecular weight excluding hydrogens is 253 g/mol. The molecular formula is C14H13Cl2N. The minimum atomic E-state index is 0.663. The fourth-order valence-corrected chi connectivity index (χ4v) is 2.52. The summed E-state index contributed by atoms with van der Waals surface area (Å²) in [4.78, 5) is 0. The van der Waals surface area contributed by atoms with Gasteiger partial charge in [0.25, 0.3) is 0 Å². The highest BCUT2D eigenvalue weighted by molar-refractivity contribution is 6.40. The maximum absolute atomic E-state index is 6.39. The first-order valence-electron chi connectivity index (χ1n) is 5.37. The zero-order chi connectivity index (χ0) is 12.4. The molecule has 0 saturated heterocycles. The van der Waals surface area contributed by atoms with E-state index < -0.39 is 0 Å². The zero-order valence-electron chi connectivity index (χ0n) is 9.72. The second-order valence-electron chi connectivity index (χ2n) is 3.84. The number of nitrogens with one attached hydrogen (secondary N) is 1. The molecule has 0 radical (unpaired) electrons. The van der Waals surface area contributed by atoms with Gasteiger partial charge >= 0.3 is 0 Å². The molecule has 2 aromatic carbocycles. The van der Waals surface area contributed by atoms with E-state index in [1.165, 1.54) is 0 Å². The lowest BCUT2D eigenvalue weighted by molar-refractivity contribution is 1.40. The van der Waals surface area contributed by atoms with Gasteiger partial charge in [0.1, 0.15) is 0 Å². The van der Waals surface area contributed by atoms with Crippen LogP contribution in [0.2, 0.25) is 10.0 Å². The van der Waals surface area contributed by atoms with Crippen LogP contribution in [-0.4, -0.2) is 7.05 Å². The van der Waals surface area contributed by atoms with Gasteiger partial charge in [-0.15, -0.1) is 0 Å². The molecule has 0 aromatic heterocycles. The van der Waals surface area contributed by atoms with Crippen LogP contribution >= 0.6 is 23.2 Å². The summed E-state index contributed by atoms with van der Waals surface area (Å²) in [5, 5.41) is 4.45. The lowest BCUT2D eigenvalue weighted by Crippen LogP contribution is -1.94. The highest BCUT2D eigenvalue weighted by Crippen LogP contribution is 2.40. The normalized spacial score (nSPS) is 10.4. The molecule has 1 nitrogen and oxygen atoms in total. The van der Waals surface area contributed by atoms with Crippen molar-refractivity contribution in [1.82, 2.24) is 0 Å². The van der Waals surface area contributed by atoms with Crippen LogP contribution in [0.3, 0.4) is 0 Å². The van der Waals surface area contributed by atoms with Crippen molar-refractivity contribution in [2.45, 2.75) is 6.92 Å². The van der Waals surface area contributed by atoms with Crippen molar-refractivity contribution in [2.75, 3.05) is 12.4 Å². The van der Waals surface area contributed by atoms with Crippen LogP contribution < -0.4 is 5.32 Å². The van der Waals surface area contributed by atoms with Crippen LogP contribution in [0.4, 0.5) is 5.69 Å². The van der Waals surface area contributed by atoms with Crippen molar-refractivity contribution in [1.29, 1.82) is 0 Å². The molecule has 2 rings (SSSR count).